The van der Waals surface area contributed by atoms with Crippen LogP contribution < -0.4 is 5.32 Å². The highest BCUT2D eigenvalue weighted by Crippen LogP contribution is 2.32. The zero-order valence-corrected chi connectivity index (χ0v) is 19.5. The summed E-state index contributed by atoms with van der Waals surface area (Å²) >= 11 is 1.27. The third-order valence-electron chi connectivity index (χ3n) is 5.22. The standard InChI is InChI=1S/C21H26F2N8S/c1-6-30(20(2,3)4)11-14-7-17(32-29-14)28-18-19-24-10-15(13-8-25-26-9-13)31(19)12-16(27-18)21(5,22)23/h7-10,12H,6,11H2,1-5H3,(H,25,26)(H,27,28). The van der Waals surface area contributed by atoms with E-state index in [4.69, 9.17) is 0 Å². The van der Waals surface area contributed by atoms with E-state index < -0.39 is 5.92 Å². The molecule has 32 heavy (non-hydrogen) atoms. The summed E-state index contributed by atoms with van der Waals surface area (Å²) in [4.78, 5) is 10.9. The minimum absolute atomic E-state index is 0.0139. The minimum Gasteiger partial charge on any atom is -0.328 e. The number of aromatic amines is 1. The summed E-state index contributed by atoms with van der Waals surface area (Å²) in [5.41, 5.74) is 2.38. The van der Waals surface area contributed by atoms with Gasteiger partial charge in [-0.15, -0.1) is 0 Å². The Hall–Kier alpha value is -2.92. The SMILES string of the molecule is CCN(Cc1cc(Nc2nc(C(C)(F)F)cn3c(-c4cn[nH]c4)cnc23)sn1)C(C)(C)C. The van der Waals surface area contributed by atoms with E-state index in [-0.39, 0.29) is 17.1 Å². The van der Waals surface area contributed by atoms with Crippen LogP contribution in [0.15, 0.2) is 30.9 Å². The zero-order chi connectivity index (χ0) is 23.1. The first kappa shape index (κ1) is 22.3. The Morgan fingerprint density at radius 2 is 2.00 bits per heavy atom. The number of nitrogens with zero attached hydrogens (tertiary/aromatic N) is 6. The highest BCUT2D eigenvalue weighted by molar-refractivity contribution is 7.10. The molecule has 0 saturated heterocycles. The molecule has 170 valence electrons. The van der Waals surface area contributed by atoms with Crippen LogP contribution in [0.25, 0.3) is 16.9 Å². The zero-order valence-electron chi connectivity index (χ0n) is 18.6. The quantitative estimate of drug-likeness (QED) is 0.401. The largest absolute Gasteiger partial charge is 0.328 e. The maximum atomic E-state index is 14.2. The topological polar surface area (TPSA) is 87.0 Å². The smallest absolute Gasteiger partial charge is 0.288 e. The molecule has 0 amide bonds. The van der Waals surface area contributed by atoms with E-state index >= 15 is 0 Å². The van der Waals surface area contributed by atoms with Crippen molar-refractivity contribution in [1.82, 2.24) is 33.8 Å². The summed E-state index contributed by atoms with van der Waals surface area (Å²) in [5.74, 6) is -2.87. The third kappa shape index (κ3) is 4.49. The van der Waals surface area contributed by atoms with E-state index in [0.29, 0.717) is 22.9 Å². The number of aromatic nitrogens is 6. The molecule has 0 spiro atoms. The van der Waals surface area contributed by atoms with Crippen molar-refractivity contribution in [3.63, 3.8) is 0 Å². The van der Waals surface area contributed by atoms with Gasteiger partial charge in [0.25, 0.3) is 5.92 Å². The summed E-state index contributed by atoms with van der Waals surface area (Å²) in [5, 5.41) is 10.5. The van der Waals surface area contributed by atoms with Gasteiger partial charge >= 0.3 is 0 Å². The molecule has 11 heteroatoms. The molecule has 0 aromatic carbocycles. The second kappa shape index (κ2) is 8.21. The molecule has 0 aliphatic rings. The van der Waals surface area contributed by atoms with Crippen molar-refractivity contribution in [3.05, 3.63) is 42.2 Å². The van der Waals surface area contributed by atoms with Crippen molar-refractivity contribution in [1.29, 1.82) is 0 Å². The van der Waals surface area contributed by atoms with E-state index in [9.17, 15) is 8.78 Å². The van der Waals surface area contributed by atoms with Crippen molar-refractivity contribution in [2.75, 3.05) is 11.9 Å². The van der Waals surface area contributed by atoms with Gasteiger partial charge < -0.3 is 5.32 Å². The second-order valence-corrected chi connectivity index (χ2v) is 9.48. The monoisotopic (exact) mass is 460 g/mol. The number of hydrogen-bond donors (Lipinski definition) is 2. The van der Waals surface area contributed by atoms with Gasteiger partial charge in [-0.3, -0.25) is 14.4 Å². The van der Waals surface area contributed by atoms with Crippen LogP contribution in [-0.2, 0) is 12.5 Å². The lowest BCUT2D eigenvalue weighted by Gasteiger charge is -2.34. The van der Waals surface area contributed by atoms with Crippen LogP contribution in [0.5, 0.6) is 0 Å². The molecule has 0 atom stereocenters. The fourth-order valence-electron chi connectivity index (χ4n) is 3.47. The summed E-state index contributed by atoms with van der Waals surface area (Å²) in [6, 6.07) is 1.92. The molecule has 2 N–H and O–H groups in total. The molecule has 0 radical (unpaired) electrons. The van der Waals surface area contributed by atoms with Crippen molar-refractivity contribution in [2.24, 2.45) is 0 Å². The maximum absolute atomic E-state index is 14.2. The maximum Gasteiger partial charge on any atom is 0.288 e. The van der Waals surface area contributed by atoms with Gasteiger partial charge in [0.2, 0.25) is 0 Å². The highest BCUT2D eigenvalue weighted by atomic mass is 32.1. The molecule has 8 nitrogen and oxygen atoms in total. The lowest BCUT2D eigenvalue weighted by Crippen LogP contribution is -2.40. The normalized spacial score (nSPS) is 12.8. The van der Waals surface area contributed by atoms with E-state index in [0.717, 1.165) is 24.7 Å². The highest BCUT2D eigenvalue weighted by Gasteiger charge is 2.29. The molecule has 4 heterocycles. The Bertz CT molecular complexity index is 1200. The van der Waals surface area contributed by atoms with E-state index in [1.165, 1.54) is 17.7 Å². The molecule has 0 saturated carbocycles. The Balaban J connectivity index is 1.70. The molecular weight excluding hydrogens is 434 g/mol. The minimum atomic E-state index is -3.12. The Kier molecular flexibility index (Phi) is 5.72. The van der Waals surface area contributed by atoms with Crippen molar-refractivity contribution in [2.45, 2.75) is 52.6 Å². The number of hydrogen-bond acceptors (Lipinski definition) is 7. The van der Waals surface area contributed by atoms with Crippen molar-refractivity contribution in [3.8, 4) is 11.3 Å². The molecule has 0 aliphatic heterocycles. The summed E-state index contributed by atoms with van der Waals surface area (Å²) in [6.07, 6.45) is 6.23. The Morgan fingerprint density at radius 3 is 2.62 bits per heavy atom. The number of halogens is 2. The molecular formula is C21H26F2N8S. The average molecular weight is 461 g/mol. The predicted octanol–water partition coefficient (Wildman–Crippen LogP) is 5.05. The lowest BCUT2D eigenvalue weighted by molar-refractivity contribution is 0.0124. The molecule has 4 aromatic rings. The first-order chi connectivity index (χ1) is 15.1. The van der Waals surface area contributed by atoms with E-state index in [1.807, 2.05) is 6.07 Å². The number of fused-ring (bicyclic) bond motifs is 1. The van der Waals surface area contributed by atoms with Gasteiger partial charge in [0.1, 0.15) is 10.7 Å². The molecule has 0 fully saturated rings. The Morgan fingerprint density at radius 1 is 1.22 bits per heavy atom. The molecule has 0 aliphatic carbocycles. The van der Waals surface area contributed by atoms with Gasteiger partial charge in [-0.2, -0.15) is 18.3 Å². The molecule has 4 aromatic heterocycles. The second-order valence-electron chi connectivity index (χ2n) is 8.68. The van der Waals surface area contributed by atoms with Crippen molar-refractivity contribution < 1.29 is 8.78 Å². The third-order valence-corrected chi connectivity index (χ3v) is 5.96. The van der Waals surface area contributed by atoms with Gasteiger partial charge in [0.05, 0.1) is 23.8 Å². The average Bonchev–Trinajstić information content (AvgIpc) is 3.44. The van der Waals surface area contributed by atoms with Crippen LogP contribution in [0, 0.1) is 0 Å². The van der Waals surface area contributed by atoms with Crippen LogP contribution in [0.1, 0.15) is 46.0 Å². The van der Waals surface area contributed by atoms with Crippen molar-refractivity contribution >= 4 is 28.0 Å². The van der Waals surface area contributed by atoms with Gasteiger partial charge in [-0.1, -0.05) is 6.92 Å². The van der Waals surface area contributed by atoms with Crippen LogP contribution in [0.3, 0.4) is 0 Å². The van der Waals surface area contributed by atoms with Crippen LogP contribution in [-0.4, -0.2) is 45.9 Å². The van der Waals surface area contributed by atoms with Gasteiger partial charge in [0.15, 0.2) is 11.5 Å². The Labute approximate surface area is 188 Å². The molecule has 0 unspecified atom stereocenters. The summed E-state index contributed by atoms with van der Waals surface area (Å²) in [7, 11) is 0. The van der Waals surface area contributed by atoms with E-state index in [1.54, 1.807) is 23.0 Å². The van der Waals surface area contributed by atoms with Crippen LogP contribution in [0.4, 0.5) is 19.6 Å². The molecule has 4 rings (SSSR count). The summed E-state index contributed by atoms with van der Waals surface area (Å²) in [6.45, 7) is 11.0. The van der Waals surface area contributed by atoms with Gasteiger partial charge in [0, 0.05) is 37.0 Å². The number of imidazole rings is 1. The first-order valence-corrected chi connectivity index (χ1v) is 11.1. The fraction of sp³-hybridized carbons (Fsp3) is 0.429. The van der Waals surface area contributed by atoms with Gasteiger partial charge in [-0.05, 0) is 44.9 Å². The number of nitrogens with one attached hydrogen (secondary N) is 2. The number of rotatable bonds is 7. The predicted molar refractivity (Wildman–Crippen MR) is 121 cm³/mol. The molecule has 0 bridgehead atoms. The lowest BCUT2D eigenvalue weighted by atomic mass is 10.1. The van der Waals surface area contributed by atoms with Gasteiger partial charge in [-0.25, -0.2) is 9.97 Å². The van der Waals surface area contributed by atoms with E-state index in [2.05, 4.69) is 62.5 Å². The number of H-pyrrole nitrogens is 1. The first-order valence-electron chi connectivity index (χ1n) is 10.3. The van der Waals surface area contributed by atoms with Crippen LogP contribution >= 0.6 is 11.5 Å². The summed E-state index contributed by atoms with van der Waals surface area (Å²) < 4.78 is 34.6. The fourth-order valence-corrected chi connectivity index (χ4v) is 4.13. The van der Waals surface area contributed by atoms with Crippen LogP contribution in [0.2, 0.25) is 0 Å². The number of alkyl halides is 2. The number of anilines is 2.